The lowest BCUT2D eigenvalue weighted by Crippen LogP contribution is -1.98. The fourth-order valence-corrected chi connectivity index (χ4v) is 2.49. The number of thiophene rings is 1. The van der Waals surface area contributed by atoms with E-state index in [4.69, 9.17) is 4.42 Å². The van der Waals surface area contributed by atoms with Crippen LogP contribution in [0.5, 0.6) is 0 Å². The summed E-state index contributed by atoms with van der Waals surface area (Å²) in [6, 6.07) is 7.80. The largest absolute Gasteiger partial charge is 0.467 e. The average molecular weight is 222 g/mol. The fraction of sp³-hybridized carbons (Fsp3) is 0.333. The third kappa shape index (κ3) is 2.49. The molecule has 1 N–H and O–H groups in total. The van der Waals surface area contributed by atoms with Gasteiger partial charge in [0.2, 0.25) is 0 Å². The quantitative estimate of drug-likeness (QED) is 0.862. The van der Waals surface area contributed by atoms with Gasteiger partial charge in [-0.3, -0.25) is 0 Å². The molecule has 0 aliphatic rings. The van der Waals surface area contributed by atoms with E-state index in [2.05, 4.69) is 19.1 Å². The van der Waals surface area contributed by atoms with Crippen molar-refractivity contribution >= 4 is 11.3 Å². The van der Waals surface area contributed by atoms with Gasteiger partial charge in [-0.15, -0.1) is 11.3 Å². The minimum Gasteiger partial charge on any atom is -0.467 e. The maximum absolute atomic E-state index is 9.86. The van der Waals surface area contributed by atoms with Crippen molar-refractivity contribution in [3.63, 3.8) is 0 Å². The van der Waals surface area contributed by atoms with E-state index in [0.29, 0.717) is 12.2 Å². The van der Waals surface area contributed by atoms with Crippen LogP contribution in [-0.2, 0) is 12.8 Å². The molecule has 80 valence electrons. The van der Waals surface area contributed by atoms with Gasteiger partial charge in [0, 0.05) is 16.2 Å². The predicted octanol–water partition coefficient (Wildman–Crippen LogP) is 3.18. The van der Waals surface area contributed by atoms with Crippen LogP contribution in [0.4, 0.5) is 0 Å². The molecule has 0 aromatic carbocycles. The number of aryl methyl sites for hydroxylation is 1. The number of furan rings is 1. The van der Waals surface area contributed by atoms with E-state index in [9.17, 15) is 5.11 Å². The molecule has 3 heteroatoms. The van der Waals surface area contributed by atoms with Crippen LogP contribution in [0.2, 0.25) is 0 Å². The summed E-state index contributed by atoms with van der Waals surface area (Å²) in [7, 11) is 0. The third-order valence-corrected chi connectivity index (χ3v) is 3.58. The summed E-state index contributed by atoms with van der Waals surface area (Å²) in [5.74, 6) is 0.640. The van der Waals surface area contributed by atoms with Gasteiger partial charge in [0.25, 0.3) is 0 Å². The van der Waals surface area contributed by atoms with Crippen molar-refractivity contribution in [1.29, 1.82) is 0 Å². The maximum atomic E-state index is 9.86. The lowest BCUT2D eigenvalue weighted by atomic mass is 10.2. The van der Waals surface area contributed by atoms with Gasteiger partial charge in [-0.1, -0.05) is 6.92 Å². The van der Waals surface area contributed by atoms with Crippen molar-refractivity contribution in [2.45, 2.75) is 25.9 Å². The Labute approximate surface area is 93.2 Å². The minimum atomic E-state index is -0.525. The van der Waals surface area contributed by atoms with Gasteiger partial charge in [0.1, 0.15) is 11.9 Å². The molecule has 0 aliphatic carbocycles. The molecular weight excluding hydrogens is 208 g/mol. The van der Waals surface area contributed by atoms with Crippen LogP contribution in [0.1, 0.15) is 28.5 Å². The summed E-state index contributed by atoms with van der Waals surface area (Å²) in [5, 5.41) is 9.86. The van der Waals surface area contributed by atoms with E-state index in [1.165, 1.54) is 9.75 Å². The highest BCUT2D eigenvalue weighted by Crippen LogP contribution is 2.24. The zero-order chi connectivity index (χ0) is 10.7. The molecule has 2 aromatic rings. The Bertz CT molecular complexity index is 403. The summed E-state index contributed by atoms with van der Waals surface area (Å²) in [6.45, 7) is 2.14. The van der Waals surface area contributed by atoms with E-state index in [-0.39, 0.29) is 0 Å². The molecule has 0 saturated carbocycles. The molecule has 2 aromatic heterocycles. The number of hydrogen-bond donors (Lipinski definition) is 1. The lowest BCUT2D eigenvalue weighted by molar-refractivity contribution is 0.151. The second kappa shape index (κ2) is 4.64. The fourth-order valence-electron chi connectivity index (χ4n) is 1.49. The van der Waals surface area contributed by atoms with Gasteiger partial charge in [-0.2, -0.15) is 0 Å². The highest BCUT2D eigenvalue weighted by Gasteiger charge is 2.12. The van der Waals surface area contributed by atoms with E-state index in [0.717, 1.165) is 6.42 Å². The molecular formula is C12H14O2S. The average Bonchev–Trinajstić information content (AvgIpc) is 2.87. The molecule has 0 radical (unpaired) electrons. The van der Waals surface area contributed by atoms with E-state index < -0.39 is 6.10 Å². The van der Waals surface area contributed by atoms with Crippen LogP contribution in [0, 0.1) is 0 Å². The van der Waals surface area contributed by atoms with Crippen molar-refractivity contribution in [3.8, 4) is 0 Å². The zero-order valence-electron chi connectivity index (χ0n) is 8.64. The van der Waals surface area contributed by atoms with Gasteiger partial charge < -0.3 is 9.52 Å². The molecule has 2 nitrogen and oxygen atoms in total. The first-order valence-electron chi connectivity index (χ1n) is 5.08. The number of aliphatic hydroxyl groups is 1. The Balaban J connectivity index is 2.02. The SMILES string of the molecule is CCc1ccc(CC(O)c2ccco2)s1. The Hall–Kier alpha value is -1.06. The molecule has 0 amide bonds. The van der Waals surface area contributed by atoms with Crippen LogP contribution < -0.4 is 0 Å². The first kappa shape index (κ1) is 10.5. The topological polar surface area (TPSA) is 33.4 Å². The summed E-state index contributed by atoms with van der Waals surface area (Å²) in [4.78, 5) is 2.56. The van der Waals surface area contributed by atoms with Crippen molar-refractivity contribution in [2.24, 2.45) is 0 Å². The molecule has 0 bridgehead atoms. The molecule has 0 aliphatic heterocycles. The molecule has 2 rings (SSSR count). The van der Waals surface area contributed by atoms with Crippen LogP contribution in [0.15, 0.2) is 34.9 Å². The first-order valence-corrected chi connectivity index (χ1v) is 5.90. The summed E-state index contributed by atoms with van der Waals surface area (Å²) < 4.78 is 5.16. The highest BCUT2D eigenvalue weighted by atomic mass is 32.1. The predicted molar refractivity (Wildman–Crippen MR) is 61.1 cm³/mol. The van der Waals surface area contributed by atoms with E-state index in [1.54, 1.807) is 29.7 Å². The maximum Gasteiger partial charge on any atom is 0.132 e. The van der Waals surface area contributed by atoms with Crippen LogP contribution in [0.25, 0.3) is 0 Å². The first-order chi connectivity index (χ1) is 7.29. The van der Waals surface area contributed by atoms with Gasteiger partial charge in [-0.05, 0) is 30.7 Å². The van der Waals surface area contributed by atoms with Crippen molar-refractivity contribution in [3.05, 3.63) is 46.0 Å². The van der Waals surface area contributed by atoms with Crippen LogP contribution >= 0.6 is 11.3 Å². The van der Waals surface area contributed by atoms with Gasteiger partial charge in [0.15, 0.2) is 0 Å². The molecule has 1 atom stereocenters. The number of aliphatic hydroxyl groups excluding tert-OH is 1. The second-order valence-corrected chi connectivity index (χ2v) is 4.71. The monoisotopic (exact) mass is 222 g/mol. The number of hydrogen-bond acceptors (Lipinski definition) is 3. The summed E-state index contributed by atoms with van der Waals surface area (Å²) in [5.41, 5.74) is 0. The second-order valence-electron chi connectivity index (χ2n) is 3.46. The Morgan fingerprint density at radius 2 is 2.13 bits per heavy atom. The Morgan fingerprint density at radius 3 is 2.73 bits per heavy atom. The standard InChI is InChI=1S/C12H14O2S/c1-2-9-5-6-10(15-9)8-11(13)12-4-3-7-14-12/h3-7,11,13H,2,8H2,1H3. The molecule has 1 unspecified atom stereocenters. The molecule has 0 saturated heterocycles. The number of rotatable bonds is 4. The van der Waals surface area contributed by atoms with Crippen LogP contribution in [-0.4, -0.2) is 5.11 Å². The van der Waals surface area contributed by atoms with Crippen molar-refractivity contribution in [1.82, 2.24) is 0 Å². The van der Waals surface area contributed by atoms with Crippen molar-refractivity contribution < 1.29 is 9.52 Å². The Morgan fingerprint density at radius 1 is 1.33 bits per heavy atom. The van der Waals surface area contributed by atoms with Gasteiger partial charge >= 0.3 is 0 Å². The zero-order valence-corrected chi connectivity index (χ0v) is 9.46. The molecule has 0 spiro atoms. The van der Waals surface area contributed by atoms with Gasteiger partial charge in [-0.25, -0.2) is 0 Å². The smallest absolute Gasteiger partial charge is 0.132 e. The summed E-state index contributed by atoms with van der Waals surface area (Å²) in [6.07, 6.45) is 2.76. The van der Waals surface area contributed by atoms with E-state index in [1.807, 2.05) is 0 Å². The third-order valence-electron chi connectivity index (χ3n) is 2.33. The minimum absolute atomic E-state index is 0.525. The normalized spacial score (nSPS) is 12.9. The van der Waals surface area contributed by atoms with Crippen molar-refractivity contribution in [2.75, 3.05) is 0 Å². The highest BCUT2D eigenvalue weighted by molar-refractivity contribution is 7.11. The van der Waals surface area contributed by atoms with Crippen LogP contribution in [0.3, 0.4) is 0 Å². The molecule has 2 heterocycles. The lowest BCUT2D eigenvalue weighted by Gasteiger charge is -2.04. The summed E-state index contributed by atoms with van der Waals surface area (Å²) >= 11 is 1.76. The molecule has 0 fully saturated rings. The van der Waals surface area contributed by atoms with E-state index >= 15 is 0 Å². The Kier molecular flexibility index (Phi) is 3.23. The van der Waals surface area contributed by atoms with Gasteiger partial charge in [0.05, 0.1) is 6.26 Å². The molecule has 15 heavy (non-hydrogen) atoms.